The molecule has 0 aliphatic heterocycles. The van der Waals surface area contributed by atoms with Gasteiger partial charge in [-0.1, -0.05) is 12.1 Å². The molecule has 2 N–H and O–H groups in total. The molecule has 106 valence electrons. The second-order valence-corrected chi connectivity index (χ2v) is 5.14. The molecule has 1 fully saturated rings. The Balaban J connectivity index is 2.11. The van der Waals surface area contributed by atoms with E-state index in [-0.39, 0.29) is 6.61 Å². The molecule has 1 aliphatic rings. The molecule has 1 aliphatic carbocycles. The van der Waals surface area contributed by atoms with Gasteiger partial charge in [-0.15, -0.1) is 0 Å². The summed E-state index contributed by atoms with van der Waals surface area (Å²) in [4.78, 5) is 11.4. The summed E-state index contributed by atoms with van der Waals surface area (Å²) in [5.74, 6) is 1.56. The van der Waals surface area contributed by atoms with Gasteiger partial charge in [0.25, 0.3) is 0 Å². The van der Waals surface area contributed by atoms with Crippen molar-refractivity contribution in [1.29, 1.82) is 0 Å². The molecule has 1 heterocycles. The number of aliphatic hydroxyl groups excluding tert-OH is 1. The predicted molar refractivity (Wildman–Crippen MR) is 81.2 cm³/mol. The van der Waals surface area contributed by atoms with Crippen molar-refractivity contribution in [2.45, 2.75) is 25.3 Å². The summed E-state index contributed by atoms with van der Waals surface area (Å²) in [6, 6.07) is 8.53. The van der Waals surface area contributed by atoms with Crippen molar-refractivity contribution in [2.75, 3.05) is 30.4 Å². The average molecular weight is 272 g/mol. The number of hydrogen-bond acceptors (Lipinski definition) is 5. The number of para-hydroxylation sites is 1. The Morgan fingerprint density at radius 1 is 1.30 bits per heavy atom. The number of rotatable bonds is 5. The van der Waals surface area contributed by atoms with Gasteiger partial charge in [0, 0.05) is 25.0 Å². The van der Waals surface area contributed by atoms with Crippen LogP contribution in [0.25, 0.3) is 10.9 Å². The zero-order valence-corrected chi connectivity index (χ0v) is 11.7. The van der Waals surface area contributed by atoms with Crippen molar-refractivity contribution >= 4 is 22.7 Å². The molecule has 1 aromatic heterocycles. The molecule has 5 nitrogen and oxygen atoms in total. The van der Waals surface area contributed by atoms with Crippen molar-refractivity contribution in [3.05, 3.63) is 24.3 Å². The van der Waals surface area contributed by atoms with E-state index in [0.29, 0.717) is 18.5 Å². The Bertz CT molecular complexity index is 597. The van der Waals surface area contributed by atoms with Crippen molar-refractivity contribution in [1.82, 2.24) is 9.97 Å². The monoisotopic (exact) mass is 272 g/mol. The summed E-state index contributed by atoms with van der Waals surface area (Å²) in [7, 11) is 1.83. The van der Waals surface area contributed by atoms with Gasteiger partial charge < -0.3 is 15.3 Å². The van der Waals surface area contributed by atoms with Crippen LogP contribution in [0.2, 0.25) is 0 Å². The molecule has 0 atom stereocenters. The molecular weight excluding hydrogens is 252 g/mol. The first-order valence-corrected chi connectivity index (χ1v) is 7.15. The predicted octanol–water partition coefficient (Wildman–Crippen LogP) is 2.02. The Morgan fingerprint density at radius 2 is 2.10 bits per heavy atom. The molecule has 0 spiro atoms. The number of benzene rings is 1. The summed E-state index contributed by atoms with van der Waals surface area (Å²) >= 11 is 0. The van der Waals surface area contributed by atoms with Crippen LogP contribution in [-0.4, -0.2) is 41.3 Å². The topological polar surface area (TPSA) is 61.3 Å². The Hall–Kier alpha value is -1.88. The van der Waals surface area contributed by atoms with Gasteiger partial charge in [0.15, 0.2) is 0 Å². The van der Waals surface area contributed by atoms with Gasteiger partial charge in [0.05, 0.1) is 12.1 Å². The number of hydrogen-bond donors (Lipinski definition) is 2. The van der Waals surface area contributed by atoms with E-state index in [4.69, 9.17) is 0 Å². The molecular formula is C15H20N4O. The molecule has 5 heteroatoms. The van der Waals surface area contributed by atoms with E-state index in [9.17, 15) is 5.11 Å². The Labute approximate surface area is 118 Å². The minimum atomic E-state index is 0.143. The lowest BCUT2D eigenvalue weighted by molar-refractivity contribution is 0.283. The third kappa shape index (κ3) is 2.29. The van der Waals surface area contributed by atoms with Crippen LogP contribution in [-0.2, 0) is 0 Å². The third-order valence-corrected chi connectivity index (χ3v) is 3.94. The van der Waals surface area contributed by atoms with Gasteiger partial charge in [-0.3, -0.25) is 0 Å². The molecule has 1 aromatic carbocycles. The highest BCUT2D eigenvalue weighted by Crippen LogP contribution is 2.32. The fourth-order valence-electron chi connectivity index (χ4n) is 2.66. The average Bonchev–Trinajstić information content (AvgIpc) is 2.43. The molecule has 1 saturated carbocycles. The van der Waals surface area contributed by atoms with Crippen molar-refractivity contribution in [3.8, 4) is 0 Å². The van der Waals surface area contributed by atoms with E-state index in [1.807, 2.05) is 31.3 Å². The van der Waals surface area contributed by atoms with E-state index in [0.717, 1.165) is 16.7 Å². The van der Waals surface area contributed by atoms with Gasteiger partial charge in [0.2, 0.25) is 5.95 Å². The quantitative estimate of drug-likeness (QED) is 0.872. The fraction of sp³-hybridized carbons (Fsp3) is 0.467. The number of anilines is 2. The maximum atomic E-state index is 9.36. The minimum Gasteiger partial charge on any atom is -0.395 e. The first-order valence-electron chi connectivity index (χ1n) is 7.15. The highest BCUT2D eigenvalue weighted by molar-refractivity contribution is 5.90. The number of nitrogens with zero attached hydrogens (tertiary/aromatic N) is 3. The van der Waals surface area contributed by atoms with Crippen LogP contribution < -0.4 is 10.2 Å². The number of aliphatic hydroxyl groups is 1. The SMILES string of the molecule is CNc1nc(N(CCO)C2CCC2)c2ccccc2n1. The first-order chi connectivity index (χ1) is 9.83. The molecule has 0 bridgehead atoms. The zero-order chi connectivity index (χ0) is 13.9. The van der Waals surface area contributed by atoms with Gasteiger partial charge >= 0.3 is 0 Å². The van der Waals surface area contributed by atoms with E-state index in [1.165, 1.54) is 19.3 Å². The molecule has 0 saturated heterocycles. The van der Waals surface area contributed by atoms with Crippen LogP contribution in [0.15, 0.2) is 24.3 Å². The van der Waals surface area contributed by atoms with Gasteiger partial charge in [0.1, 0.15) is 5.82 Å². The van der Waals surface area contributed by atoms with Crippen molar-refractivity contribution in [3.63, 3.8) is 0 Å². The number of nitrogens with one attached hydrogen (secondary N) is 1. The zero-order valence-electron chi connectivity index (χ0n) is 11.7. The molecule has 0 amide bonds. The van der Waals surface area contributed by atoms with Crippen LogP contribution in [0.1, 0.15) is 19.3 Å². The van der Waals surface area contributed by atoms with E-state index >= 15 is 0 Å². The lowest BCUT2D eigenvalue weighted by Crippen LogP contribution is -2.42. The van der Waals surface area contributed by atoms with Crippen molar-refractivity contribution in [2.24, 2.45) is 0 Å². The fourth-order valence-corrected chi connectivity index (χ4v) is 2.66. The largest absolute Gasteiger partial charge is 0.395 e. The summed E-state index contributed by atoms with van der Waals surface area (Å²) in [5, 5.41) is 13.4. The van der Waals surface area contributed by atoms with Crippen LogP contribution >= 0.6 is 0 Å². The molecule has 0 radical (unpaired) electrons. The molecule has 3 rings (SSSR count). The lowest BCUT2D eigenvalue weighted by atomic mass is 9.91. The second-order valence-electron chi connectivity index (χ2n) is 5.14. The Kier molecular flexibility index (Phi) is 3.69. The standard InChI is InChI=1S/C15H20N4O/c1-16-15-17-13-8-3-2-7-12(13)14(18-15)19(9-10-20)11-5-4-6-11/h2-3,7-8,11,20H,4-6,9-10H2,1H3,(H,16,17,18). The summed E-state index contributed by atoms with van der Waals surface area (Å²) in [6.07, 6.45) is 3.61. The van der Waals surface area contributed by atoms with E-state index in [2.05, 4.69) is 20.2 Å². The normalized spacial score (nSPS) is 15.1. The van der Waals surface area contributed by atoms with E-state index in [1.54, 1.807) is 0 Å². The number of aromatic nitrogens is 2. The highest BCUT2D eigenvalue weighted by atomic mass is 16.3. The summed E-state index contributed by atoms with van der Waals surface area (Å²) in [6.45, 7) is 0.762. The van der Waals surface area contributed by atoms with Gasteiger partial charge in [-0.2, -0.15) is 4.98 Å². The first kappa shape index (κ1) is 13.1. The minimum absolute atomic E-state index is 0.143. The summed E-state index contributed by atoms with van der Waals surface area (Å²) < 4.78 is 0. The second kappa shape index (κ2) is 5.63. The van der Waals surface area contributed by atoms with E-state index < -0.39 is 0 Å². The number of fused-ring (bicyclic) bond motifs is 1. The van der Waals surface area contributed by atoms with Crippen LogP contribution in [0.4, 0.5) is 11.8 Å². The molecule has 20 heavy (non-hydrogen) atoms. The maximum absolute atomic E-state index is 9.36. The smallest absolute Gasteiger partial charge is 0.224 e. The summed E-state index contributed by atoms with van der Waals surface area (Å²) in [5.41, 5.74) is 0.934. The third-order valence-electron chi connectivity index (χ3n) is 3.94. The van der Waals surface area contributed by atoms with Gasteiger partial charge in [-0.05, 0) is 31.4 Å². The molecule has 2 aromatic rings. The molecule has 0 unspecified atom stereocenters. The lowest BCUT2D eigenvalue weighted by Gasteiger charge is -2.38. The van der Waals surface area contributed by atoms with Crippen LogP contribution in [0.5, 0.6) is 0 Å². The van der Waals surface area contributed by atoms with Crippen LogP contribution in [0.3, 0.4) is 0 Å². The van der Waals surface area contributed by atoms with Gasteiger partial charge in [-0.25, -0.2) is 4.98 Å². The maximum Gasteiger partial charge on any atom is 0.224 e. The Morgan fingerprint density at radius 3 is 2.75 bits per heavy atom. The van der Waals surface area contributed by atoms with Crippen molar-refractivity contribution < 1.29 is 5.11 Å². The van der Waals surface area contributed by atoms with Crippen LogP contribution in [0, 0.1) is 0 Å². The highest BCUT2D eigenvalue weighted by Gasteiger charge is 2.27.